The van der Waals surface area contributed by atoms with Crippen molar-refractivity contribution in [2.75, 3.05) is 0 Å². The van der Waals surface area contributed by atoms with Crippen LogP contribution < -0.4 is 5.32 Å². The van der Waals surface area contributed by atoms with Crippen LogP contribution in [0, 0.1) is 0 Å². The van der Waals surface area contributed by atoms with Crippen LogP contribution in [-0.4, -0.2) is 26.8 Å². The fraction of sp³-hybridized carbons (Fsp3) is 0.533. The van der Waals surface area contributed by atoms with Gasteiger partial charge in [-0.05, 0) is 31.4 Å². The first-order valence-electron chi connectivity index (χ1n) is 7.13. The summed E-state index contributed by atoms with van der Waals surface area (Å²) in [4.78, 5) is 4.72. The van der Waals surface area contributed by atoms with E-state index in [1.54, 1.807) is 0 Å². The minimum atomic E-state index is -0.105. The Morgan fingerprint density at radius 2 is 2.16 bits per heavy atom. The minimum Gasteiger partial charge on any atom is -0.393 e. The maximum Gasteiger partial charge on any atom is 0.123 e. The van der Waals surface area contributed by atoms with Gasteiger partial charge in [-0.2, -0.15) is 0 Å². The van der Waals surface area contributed by atoms with Crippen LogP contribution in [0.25, 0.3) is 11.0 Å². The molecule has 1 fully saturated rings. The van der Waals surface area contributed by atoms with Crippen LogP contribution >= 0.6 is 0 Å². The molecule has 0 spiro atoms. The van der Waals surface area contributed by atoms with Gasteiger partial charge in [0.05, 0.1) is 23.7 Å². The van der Waals surface area contributed by atoms with Gasteiger partial charge < -0.3 is 15.0 Å². The van der Waals surface area contributed by atoms with Gasteiger partial charge in [-0.1, -0.05) is 19.1 Å². The number of nitrogens with zero attached hydrogens (tertiary/aromatic N) is 2. The Bertz CT molecular complexity index is 558. The average Bonchev–Trinajstić information content (AvgIpc) is 2.72. The second-order valence-corrected chi connectivity index (χ2v) is 5.37. The van der Waals surface area contributed by atoms with Crippen LogP contribution in [0.5, 0.6) is 0 Å². The van der Waals surface area contributed by atoms with Gasteiger partial charge in [-0.25, -0.2) is 4.98 Å². The number of fused-ring (bicyclic) bond motifs is 1. The number of aliphatic hydroxyl groups excluding tert-OH is 1. The number of hydrogen-bond donors (Lipinski definition) is 2. The number of aromatic nitrogens is 2. The number of para-hydroxylation sites is 2. The molecule has 4 nitrogen and oxygen atoms in total. The molecule has 0 radical (unpaired) electrons. The SMILES string of the molecule is CCCn1c(CNC2CC(O)C2)nc2ccccc21. The molecule has 0 atom stereocenters. The first-order chi connectivity index (χ1) is 9.28. The lowest BCUT2D eigenvalue weighted by Gasteiger charge is -2.32. The molecule has 2 N–H and O–H groups in total. The predicted octanol–water partition coefficient (Wildman–Crippen LogP) is 2.06. The van der Waals surface area contributed by atoms with Gasteiger partial charge in [0, 0.05) is 12.6 Å². The van der Waals surface area contributed by atoms with Crippen LogP contribution in [0.1, 0.15) is 32.0 Å². The lowest BCUT2D eigenvalue weighted by Crippen LogP contribution is -2.44. The molecule has 1 aromatic heterocycles. The molecule has 4 heteroatoms. The molecule has 1 saturated carbocycles. The smallest absolute Gasteiger partial charge is 0.123 e. The maximum absolute atomic E-state index is 9.31. The molecular weight excluding hydrogens is 238 g/mol. The number of hydrogen-bond acceptors (Lipinski definition) is 3. The Kier molecular flexibility index (Phi) is 3.53. The number of aryl methyl sites for hydroxylation is 1. The van der Waals surface area contributed by atoms with Gasteiger partial charge in [0.2, 0.25) is 0 Å². The van der Waals surface area contributed by atoms with Crippen molar-refractivity contribution in [3.05, 3.63) is 30.1 Å². The molecule has 0 amide bonds. The van der Waals surface area contributed by atoms with Crippen molar-refractivity contribution >= 4 is 11.0 Å². The third-order valence-corrected chi connectivity index (χ3v) is 3.84. The second-order valence-electron chi connectivity index (χ2n) is 5.37. The summed E-state index contributed by atoms with van der Waals surface area (Å²) in [6.45, 7) is 3.98. The van der Waals surface area contributed by atoms with E-state index in [0.29, 0.717) is 6.04 Å². The van der Waals surface area contributed by atoms with Gasteiger partial charge in [0.1, 0.15) is 5.82 Å². The molecule has 0 aliphatic heterocycles. The highest BCUT2D eigenvalue weighted by molar-refractivity contribution is 5.75. The van der Waals surface area contributed by atoms with Crippen molar-refractivity contribution in [2.45, 2.75) is 51.4 Å². The van der Waals surface area contributed by atoms with E-state index in [2.05, 4.69) is 35.0 Å². The van der Waals surface area contributed by atoms with Gasteiger partial charge in [-0.3, -0.25) is 0 Å². The largest absolute Gasteiger partial charge is 0.393 e. The highest BCUT2D eigenvalue weighted by atomic mass is 16.3. The quantitative estimate of drug-likeness (QED) is 0.864. The highest BCUT2D eigenvalue weighted by Crippen LogP contribution is 2.21. The van der Waals surface area contributed by atoms with Crippen molar-refractivity contribution < 1.29 is 5.11 Å². The summed E-state index contributed by atoms with van der Waals surface area (Å²) in [5.74, 6) is 1.10. The fourth-order valence-corrected chi connectivity index (χ4v) is 2.72. The lowest BCUT2D eigenvalue weighted by molar-refractivity contribution is 0.0615. The summed E-state index contributed by atoms with van der Waals surface area (Å²) >= 11 is 0. The average molecular weight is 259 g/mol. The number of aliphatic hydroxyl groups is 1. The molecule has 0 saturated heterocycles. The molecule has 102 valence electrons. The Hall–Kier alpha value is -1.39. The molecular formula is C15H21N3O. The standard InChI is InChI=1S/C15H21N3O/c1-2-7-18-14-6-4-3-5-13(14)17-15(18)10-16-11-8-12(19)9-11/h3-6,11-12,16,19H,2,7-10H2,1H3. The minimum absolute atomic E-state index is 0.105. The summed E-state index contributed by atoms with van der Waals surface area (Å²) in [5.41, 5.74) is 2.29. The molecule has 0 bridgehead atoms. The zero-order valence-corrected chi connectivity index (χ0v) is 11.3. The van der Waals surface area contributed by atoms with E-state index in [9.17, 15) is 5.11 Å². The van der Waals surface area contributed by atoms with Crippen molar-refractivity contribution in [1.29, 1.82) is 0 Å². The van der Waals surface area contributed by atoms with E-state index in [0.717, 1.165) is 43.7 Å². The summed E-state index contributed by atoms with van der Waals surface area (Å²) in [5, 5.41) is 12.8. The zero-order chi connectivity index (χ0) is 13.2. The Balaban J connectivity index is 1.79. The van der Waals surface area contributed by atoms with Crippen molar-refractivity contribution in [1.82, 2.24) is 14.9 Å². The van der Waals surface area contributed by atoms with Crippen molar-refractivity contribution in [2.24, 2.45) is 0 Å². The highest BCUT2D eigenvalue weighted by Gasteiger charge is 2.26. The first kappa shape index (κ1) is 12.6. The van der Waals surface area contributed by atoms with E-state index >= 15 is 0 Å². The lowest BCUT2D eigenvalue weighted by atomic mass is 9.89. The van der Waals surface area contributed by atoms with Crippen LogP contribution in [0.2, 0.25) is 0 Å². The van der Waals surface area contributed by atoms with E-state index in [1.165, 1.54) is 5.52 Å². The van der Waals surface area contributed by atoms with Gasteiger partial charge in [0.25, 0.3) is 0 Å². The van der Waals surface area contributed by atoms with E-state index in [-0.39, 0.29) is 6.10 Å². The van der Waals surface area contributed by atoms with Crippen LogP contribution in [0.15, 0.2) is 24.3 Å². The van der Waals surface area contributed by atoms with Crippen molar-refractivity contribution in [3.63, 3.8) is 0 Å². The summed E-state index contributed by atoms with van der Waals surface area (Å²) < 4.78 is 2.30. The molecule has 1 aliphatic rings. The van der Waals surface area contributed by atoms with Gasteiger partial charge >= 0.3 is 0 Å². The van der Waals surface area contributed by atoms with Crippen molar-refractivity contribution in [3.8, 4) is 0 Å². The normalized spacial score (nSPS) is 22.6. The Morgan fingerprint density at radius 3 is 2.89 bits per heavy atom. The van der Waals surface area contributed by atoms with Crippen LogP contribution in [0.3, 0.4) is 0 Å². The van der Waals surface area contributed by atoms with Crippen LogP contribution in [-0.2, 0) is 13.1 Å². The number of imidazole rings is 1. The van der Waals surface area contributed by atoms with E-state index in [1.807, 2.05) is 6.07 Å². The number of rotatable bonds is 5. The maximum atomic E-state index is 9.31. The van der Waals surface area contributed by atoms with Gasteiger partial charge in [-0.15, -0.1) is 0 Å². The predicted molar refractivity (Wildman–Crippen MR) is 75.9 cm³/mol. The van der Waals surface area contributed by atoms with E-state index < -0.39 is 0 Å². The summed E-state index contributed by atoms with van der Waals surface area (Å²) in [6, 6.07) is 8.75. The fourth-order valence-electron chi connectivity index (χ4n) is 2.72. The van der Waals surface area contributed by atoms with E-state index in [4.69, 9.17) is 4.98 Å². The Labute approximate surface area is 113 Å². The number of benzene rings is 1. The third kappa shape index (κ3) is 2.51. The molecule has 3 rings (SSSR count). The third-order valence-electron chi connectivity index (χ3n) is 3.84. The topological polar surface area (TPSA) is 50.1 Å². The Morgan fingerprint density at radius 1 is 1.37 bits per heavy atom. The summed E-state index contributed by atoms with van der Waals surface area (Å²) in [7, 11) is 0. The summed E-state index contributed by atoms with van der Waals surface area (Å²) in [6.07, 6.45) is 2.74. The molecule has 1 heterocycles. The molecule has 1 aromatic carbocycles. The van der Waals surface area contributed by atoms with Crippen LogP contribution in [0.4, 0.5) is 0 Å². The zero-order valence-electron chi connectivity index (χ0n) is 11.3. The molecule has 2 aromatic rings. The molecule has 19 heavy (non-hydrogen) atoms. The number of nitrogens with one attached hydrogen (secondary N) is 1. The van der Waals surface area contributed by atoms with Gasteiger partial charge in [0.15, 0.2) is 0 Å². The molecule has 0 unspecified atom stereocenters. The first-order valence-corrected chi connectivity index (χ1v) is 7.13. The monoisotopic (exact) mass is 259 g/mol. The second kappa shape index (κ2) is 5.31. The molecule has 1 aliphatic carbocycles.